The lowest BCUT2D eigenvalue weighted by Gasteiger charge is -2.32. The third kappa shape index (κ3) is 4.06. The minimum Gasteiger partial charge on any atom is -0.376 e. The van der Waals surface area contributed by atoms with Crippen molar-refractivity contribution in [2.75, 3.05) is 24.6 Å². The molecule has 1 fully saturated rings. The lowest BCUT2D eigenvalue weighted by atomic mass is 10.0. The monoisotopic (exact) mass is 416 g/mol. The maximum absolute atomic E-state index is 12.8. The Morgan fingerprint density at radius 3 is 2.61 bits per heavy atom. The molecular formula is C23H24N6O2. The Labute approximate surface area is 180 Å². The second-order valence-electron chi connectivity index (χ2n) is 7.72. The molecule has 2 aliphatic rings. The Balaban J connectivity index is 1.46. The minimum atomic E-state index is -0.160. The van der Waals surface area contributed by atoms with Crippen LogP contribution >= 0.6 is 0 Å². The van der Waals surface area contributed by atoms with Crippen LogP contribution in [0.3, 0.4) is 0 Å². The first kappa shape index (κ1) is 19.4. The molecule has 8 heteroatoms. The van der Waals surface area contributed by atoms with Crippen LogP contribution in [0.2, 0.25) is 0 Å². The minimum absolute atomic E-state index is 0.0926. The fourth-order valence-corrected chi connectivity index (χ4v) is 4.10. The number of hydrogen-bond donors (Lipinski definition) is 1. The van der Waals surface area contributed by atoms with Gasteiger partial charge in [0.15, 0.2) is 0 Å². The number of carbonyl (C=O) groups is 1. The lowest BCUT2D eigenvalue weighted by Crippen LogP contribution is -2.42. The average Bonchev–Trinajstić information content (AvgIpc) is 3.51. The molecule has 2 atom stereocenters. The molecule has 31 heavy (non-hydrogen) atoms. The Hall–Kier alpha value is -3.52. The summed E-state index contributed by atoms with van der Waals surface area (Å²) < 4.78 is 7.37. The maximum Gasteiger partial charge on any atom is 0.251 e. The number of nitrogens with zero attached hydrogens (tertiary/aromatic N) is 5. The fourth-order valence-electron chi connectivity index (χ4n) is 4.10. The van der Waals surface area contributed by atoms with Crippen LogP contribution in [0, 0.1) is 0 Å². The molecule has 8 nitrogen and oxygen atoms in total. The molecule has 1 aromatic heterocycles. The van der Waals surface area contributed by atoms with Gasteiger partial charge in [-0.2, -0.15) is 4.68 Å². The van der Waals surface area contributed by atoms with E-state index >= 15 is 0 Å². The van der Waals surface area contributed by atoms with Gasteiger partial charge in [-0.25, -0.2) is 0 Å². The number of nitrogens with one attached hydrogen (secondary N) is 1. The lowest BCUT2D eigenvalue weighted by molar-refractivity contribution is -0.120. The second-order valence-corrected chi connectivity index (χ2v) is 7.72. The summed E-state index contributed by atoms with van der Waals surface area (Å²) in [4.78, 5) is 14.7. The largest absolute Gasteiger partial charge is 0.376 e. The van der Waals surface area contributed by atoms with Gasteiger partial charge in [-0.15, -0.1) is 0 Å². The summed E-state index contributed by atoms with van der Waals surface area (Å²) in [5, 5.41) is 15.4. The molecule has 158 valence electrons. The summed E-state index contributed by atoms with van der Waals surface area (Å²) in [6, 6.07) is 20.0. The molecule has 0 aliphatic carbocycles. The number of carbonyl (C=O) groups excluding carboxylic acids is 1. The van der Waals surface area contributed by atoms with E-state index in [2.05, 4.69) is 39.1 Å². The highest BCUT2D eigenvalue weighted by Gasteiger charge is 2.32. The van der Waals surface area contributed by atoms with Crippen LogP contribution < -0.4 is 10.2 Å². The third-order valence-electron chi connectivity index (χ3n) is 5.65. The molecule has 2 aliphatic heterocycles. The maximum atomic E-state index is 12.8. The molecule has 0 saturated carbocycles. The number of hydrogen-bond acceptors (Lipinski definition) is 6. The number of aromatic nitrogens is 4. The Kier molecular flexibility index (Phi) is 5.45. The molecule has 2 unspecified atom stereocenters. The highest BCUT2D eigenvalue weighted by molar-refractivity contribution is 5.89. The van der Waals surface area contributed by atoms with Crippen LogP contribution in [0.5, 0.6) is 0 Å². The molecule has 1 saturated heterocycles. The van der Waals surface area contributed by atoms with E-state index < -0.39 is 0 Å². The van der Waals surface area contributed by atoms with Crippen molar-refractivity contribution < 1.29 is 9.53 Å². The SMILES string of the molecule is O=C(CN1C(c2ccccc2)=CC(c2ccccc2)n2nnnc21)NCC1CCCO1. The summed E-state index contributed by atoms with van der Waals surface area (Å²) >= 11 is 0. The standard InChI is InChI=1S/C23H24N6O2/c30-22(24-15-19-12-7-13-31-19)16-28-20(17-8-3-1-4-9-17)14-21(18-10-5-2-6-11-18)29-23(28)25-26-27-29/h1-6,8-11,14,19,21H,7,12-13,15-16H2,(H,24,30). The van der Waals surface area contributed by atoms with Crippen molar-refractivity contribution in [3.8, 4) is 0 Å². The Morgan fingerprint density at radius 1 is 1.10 bits per heavy atom. The number of anilines is 1. The summed E-state index contributed by atoms with van der Waals surface area (Å²) in [5.41, 5.74) is 2.99. The molecule has 3 heterocycles. The van der Waals surface area contributed by atoms with E-state index in [1.54, 1.807) is 4.68 Å². The molecule has 1 amide bonds. The van der Waals surface area contributed by atoms with Crippen molar-refractivity contribution in [1.29, 1.82) is 0 Å². The second kappa shape index (κ2) is 8.69. The van der Waals surface area contributed by atoms with Crippen molar-refractivity contribution in [3.63, 3.8) is 0 Å². The summed E-state index contributed by atoms with van der Waals surface area (Å²) in [6.07, 6.45) is 4.24. The predicted molar refractivity (Wildman–Crippen MR) is 116 cm³/mol. The number of benzene rings is 2. The molecule has 3 aromatic rings. The van der Waals surface area contributed by atoms with Gasteiger partial charge in [0, 0.05) is 13.2 Å². The van der Waals surface area contributed by atoms with Crippen molar-refractivity contribution in [2.24, 2.45) is 0 Å². The van der Waals surface area contributed by atoms with E-state index in [1.807, 2.05) is 53.4 Å². The first-order chi connectivity index (χ1) is 15.3. The van der Waals surface area contributed by atoms with E-state index in [0.29, 0.717) is 12.5 Å². The topological polar surface area (TPSA) is 85.2 Å². The van der Waals surface area contributed by atoms with Crippen LogP contribution in [0.4, 0.5) is 5.95 Å². The van der Waals surface area contributed by atoms with Gasteiger partial charge in [-0.3, -0.25) is 9.69 Å². The predicted octanol–water partition coefficient (Wildman–Crippen LogP) is 2.42. The van der Waals surface area contributed by atoms with E-state index in [9.17, 15) is 4.79 Å². The van der Waals surface area contributed by atoms with Gasteiger partial charge in [0.1, 0.15) is 12.6 Å². The van der Waals surface area contributed by atoms with Gasteiger partial charge in [-0.05, 0) is 40.5 Å². The van der Waals surface area contributed by atoms with Crippen molar-refractivity contribution in [1.82, 2.24) is 25.5 Å². The first-order valence-electron chi connectivity index (χ1n) is 10.6. The van der Waals surface area contributed by atoms with Crippen molar-refractivity contribution in [3.05, 3.63) is 77.9 Å². The first-order valence-corrected chi connectivity index (χ1v) is 10.6. The third-order valence-corrected chi connectivity index (χ3v) is 5.65. The summed E-state index contributed by atoms with van der Waals surface area (Å²) in [6.45, 7) is 1.41. The Morgan fingerprint density at radius 2 is 1.87 bits per heavy atom. The zero-order valence-corrected chi connectivity index (χ0v) is 17.1. The van der Waals surface area contributed by atoms with Gasteiger partial charge in [0.2, 0.25) is 5.91 Å². The van der Waals surface area contributed by atoms with Crippen LogP contribution in [0.15, 0.2) is 66.7 Å². The summed E-state index contributed by atoms with van der Waals surface area (Å²) in [5.74, 6) is 0.451. The summed E-state index contributed by atoms with van der Waals surface area (Å²) in [7, 11) is 0. The average molecular weight is 416 g/mol. The zero-order chi connectivity index (χ0) is 21.0. The highest BCUT2D eigenvalue weighted by atomic mass is 16.5. The molecule has 1 N–H and O–H groups in total. The number of rotatable bonds is 6. The van der Waals surface area contributed by atoms with Gasteiger partial charge in [-0.1, -0.05) is 65.8 Å². The quantitative estimate of drug-likeness (QED) is 0.664. The van der Waals surface area contributed by atoms with Crippen LogP contribution in [0.1, 0.15) is 30.0 Å². The molecule has 0 bridgehead atoms. The Bertz CT molecular complexity index is 1060. The van der Waals surface area contributed by atoms with E-state index in [-0.39, 0.29) is 24.6 Å². The fraction of sp³-hybridized carbons (Fsp3) is 0.304. The molecule has 0 spiro atoms. The molecule has 2 aromatic carbocycles. The van der Waals surface area contributed by atoms with E-state index in [4.69, 9.17) is 4.74 Å². The van der Waals surface area contributed by atoms with Crippen molar-refractivity contribution >= 4 is 17.6 Å². The number of tetrazole rings is 1. The number of fused-ring (bicyclic) bond motifs is 1. The number of ether oxygens (including phenoxy) is 1. The van der Waals surface area contributed by atoms with Gasteiger partial charge < -0.3 is 10.1 Å². The number of allylic oxidation sites excluding steroid dienone is 1. The highest BCUT2D eigenvalue weighted by Crippen LogP contribution is 2.35. The number of amides is 1. The molecule has 5 rings (SSSR count). The molecule has 0 radical (unpaired) electrons. The zero-order valence-electron chi connectivity index (χ0n) is 17.1. The normalized spacial score (nSPS) is 20.3. The van der Waals surface area contributed by atoms with E-state index in [0.717, 1.165) is 36.3 Å². The van der Waals surface area contributed by atoms with Crippen molar-refractivity contribution in [2.45, 2.75) is 25.0 Å². The molecular weight excluding hydrogens is 392 g/mol. The van der Waals surface area contributed by atoms with Gasteiger partial charge in [0.25, 0.3) is 5.95 Å². The smallest absolute Gasteiger partial charge is 0.251 e. The van der Waals surface area contributed by atoms with Gasteiger partial charge >= 0.3 is 0 Å². The van der Waals surface area contributed by atoms with Crippen LogP contribution in [-0.2, 0) is 9.53 Å². The van der Waals surface area contributed by atoms with Crippen LogP contribution in [0.25, 0.3) is 5.70 Å². The van der Waals surface area contributed by atoms with Crippen LogP contribution in [-0.4, -0.2) is 51.9 Å². The van der Waals surface area contributed by atoms with E-state index in [1.165, 1.54) is 0 Å². The van der Waals surface area contributed by atoms with Gasteiger partial charge in [0.05, 0.1) is 11.8 Å².